The topological polar surface area (TPSA) is 124 Å². The molecule has 3 aliphatic heterocycles. The first-order chi connectivity index (χ1) is 14.8. The van der Waals surface area contributed by atoms with Crippen molar-refractivity contribution in [2.45, 2.75) is 44.6 Å². The maximum absolute atomic E-state index is 14.9. The molecule has 4 rings (SSSR count). The molecule has 1 atom stereocenters. The second kappa shape index (κ2) is 8.09. The number of fused-ring (bicyclic) bond motifs is 1. The van der Waals surface area contributed by atoms with Gasteiger partial charge in [-0.1, -0.05) is 0 Å². The first-order valence-electron chi connectivity index (χ1n) is 10.3. The zero-order chi connectivity index (χ0) is 22.3. The van der Waals surface area contributed by atoms with Crippen LogP contribution in [0, 0.1) is 11.7 Å². The van der Waals surface area contributed by atoms with Gasteiger partial charge in [0.05, 0.1) is 16.8 Å². The molecule has 2 saturated heterocycles. The summed E-state index contributed by atoms with van der Waals surface area (Å²) in [7, 11) is 0. The summed E-state index contributed by atoms with van der Waals surface area (Å²) < 4.78 is 14.9. The highest BCUT2D eigenvalue weighted by molar-refractivity contribution is 6.23. The molecule has 2 fully saturated rings. The van der Waals surface area contributed by atoms with Crippen LogP contribution in [0.15, 0.2) is 12.1 Å². The molecule has 0 saturated carbocycles. The second-order valence-electron chi connectivity index (χ2n) is 8.16. The predicted molar refractivity (Wildman–Crippen MR) is 105 cm³/mol. The van der Waals surface area contributed by atoms with Crippen LogP contribution < -0.4 is 10.2 Å². The van der Waals surface area contributed by atoms with Crippen molar-refractivity contribution < 1.29 is 33.5 Å². The van der Waals surface area contributed by atoms with E-state index in [1.165, 1.54) is 6.07 Å². The highest BCUT2D eigenvalue weighted by atomic mass is 19.1. The van der Waals surface area contributed by atoms with Gasteiger partial charge in [-0.25, -0.2) is 4.39 Å². The van der Waals surface area contributed by atoms with Crippen LogP contribution in [0.5, 0.6) is 0 Å². The normalized spacial score (nSPS) is 22.0. The Labute approximate surface area is 177 Å². The molecule has 3 heterocycles. The van der Waals surface area contributed by atoms with Gasteiger partial charge in [0.1, 0.15) is 11.9 Å². The predicted octanol–water partition coefficient (Wildman–Crippen LogP) is 1.31. The van der Waals surface area contributed by atoms with Crippen LogP contribution >= 0.6 is 0 Å². The summed E-state index contributed by atoms with van der Waals surface area (Å²) in [5.74, 6) is -3.81. The average molecular weight is 431 g/mol. The number of nitrogens with one attached hydrogen (secondary N) is 1. The molecule has 10 heteroatoms. The van der Waals surface area contributed by atoms with Crippen molar-refractivity contribution in [3.8, 4) is 0 Å². The van der Waals surface area contributed by atoms with Gasteiger partial charge in [0.15, 0.2) is 0 Å². The third kappa shape index (κ3) is 3.89. The summed E-state index contributed by atoms with van der Waals surface area (Å²) >= 11 is 0. The third-order valence-electron chi connectivity index (χ3n) is 6.23. The number of piperidine rings is 2. The summed E-state index contributed by atoms with van der Waals surface area (Å²) in [5, 5.41) is 11.0. The highest BCUT2D eigenvalue weighted by Gasteiger charge is 2.45. The zero-order valence-electron chi connectivity index (χ0n) is 16.7. The van der Waals surface area contributed by atoms with Gasteiger partial charge in [-0.2, -0.15) is 0 Å². The molecule has 164 valence electrons. The lowest BCUT2D eigenvalue weighted by Crippen LogP contribution is -2.54. The van der Waals surface area contributed by atoms with E-state index in [1.54, 1.807) is 4.90 Å². The Kier molecular flexibility index (Phi) is 5.47. The number of hydrogen-bond donors (Lipinski definition) is 2. The second-order valence-corrected chi connectivity index (χ2v) is 8.16. The maximum Gasteiger partial charge on any atom is 0.303 e. The van der Waals surface area contributed by atoms with Crippen LogP contribution in [-0.4, -0.2) is 58.7 Å². The summed E-state index contributed by atoms with van der Waals surface area (Å²) in [6.45, 7) is 1.03. The summed E-state index contributed by atoms with van der Waals surface area (Å²) in [6.07, 6.45) is 2.14. The number of carboxylic acids is 1. The molecule has 2 N–H and O–H groups in total. The Morgan fingerprint density at radius 3 is 2.32 bits per heavy atom. The molecule has 0 spiro atoms. The van der Waals surface area contributed by atoms with E-state index in [0.717, 1.165) is 11.0 Å². The fourth-order valence-corrected chi connectivity index (χ4v) is 4.51. The fraction of sp³-hybridized carbons (Fsp3) is 0.476. The molecule has 1 unspecified atom stereocenters. The number of nitrogens with zero attached hydrogens (tertiary/aromatic N) is 2. The monoisotopic (exact) mass is 431 g/mol. The van der Waals surface area contributed by atoms with Crippen LogP contribution in [-0.2, 0) is 14.4 Å². The van der Waals surface area contributed by atoms with E-state index in [1.807, 2.05) is 0 Å². The maximum atomic E-state index is 14.9. The van der Waals surface area contributed by atoms with E-state index < -0.39 is 41.5 Å². The van der Waals surface area contributed by atoms with Crippen LogP contribution in [0.1, 0.15) is 59.2 Å². The molecule has 0 aliphatic carbocycles. The number of amides is 4. The number of aliphatic carboxylic acids is 1. The van der Waals surface area contributed by atoms with E-state index >= 15 is 0 Å². The summed E-state index contributed by atoms with van der Waals surface area (Å²) in [4.78, 5) is 62.6. The fourth-order valence-electron chi connectivity index (χ4n) is 4.51. The summed E-state index contributed by atoms with van der Waals surface area (Å²) in [5.41, 5.74) is 0.160. The molecule has 9 nitrogen and oxygen atoms in total. The van der Waals surface area contributed by atoms with Crippen molar-refractivity contribution in [3.63, 3.8) is 0 Å². The largest absolute Gasteiger partial charge is 0.481 e. The van der Waals surface area contributed by atoms with E-state index in [0.29, 0.717) is 32.4 Å². The van der Waals surface area contributed by atoms with Crippen molar-refractivity contribution in [3.05, 3.63) is 29.1 Å². The molecule has 1 aromatic rings. The van der Waals surface area contributed by atoms with Crippen LogP contribution in [0.4, 0.5) is 10.1 Å². The lowest BCUT2D eigenvalue weighted by Gasteiger charge is -2.33. The number of rotatable bonds is 5. The minimum Gasteiger partial charge on any atom is -0.481 e. The Morgan fingerprint density at radius 2 is 1.71 bits per heavy atom. The molecule has 31 heavy (non-hydrogen) atoms. The van der Waals surface area contributed by atoms with E-state index in [-0.39, 0.29) is 42.0 Å². The number of carbonyl (C=O) groups excluding carboxylic acids is 4. The van der Waals surface area contributed by atoms with Crippen LogP contribution in [0.2, 0.25) is 0 Å². The minimum atomic E-state index is -1.10. The number of carboxylic acid groups (broad SMARTS) is 1. The molecule has 3 aliphatic rings. The molecular weight excluding hydrogens is 409 g/mol. The van der Waals surface area contributed by atoms with E-state index in [2.05, 4.69) is 5.32 Å². The van der Waals surface area contributed by atoms with Gasteiger partial charge in [0, 0.05) is 25.9 Å². The Morgan fingerprint density at radius 1 is 1.06 bits per heavy atom. The van der Waals surface area contributed by atoms with E-state index in [9.17, 15) is 28.4 Å². The highest BCUT2D eigenvalue weighted by Crippen LogP contribution is 2.34. The smallest absolute Gasteiger partial charge is 0.303 e. The number of anilines is 1. The Bertz CT molecular complexity index is 986. The lowest BCUT2D eigenvalue weighted by molar-refractivity contribution is -0.138. The van der Waals surface area contributed by atoms with Crippen LogP contribution in [0.25, 0.3) is 0 Å². The van der Waals surface area contributed by atoms with Gasteiger partial charge in [-0.3, -0.25) is 34.2 Å². The number of hydrogen-bond acceptors (Lipinski definition) is 6. The molecule has 0 aromatic heterocycles. The number of carbonyl (C=O) groups is 5. The van der Waals surface area contributed by atoms with Crippen molar-refractivity contribution in [1.29, 1.82) is 0 Å². The summed E-state index contributed by atoms with van der Waals surface area (Å²) in [6, 6.07) is 1.29. The third-order valence-corrected chi connectivity index (χ3v) is 6.23. The van der Waals surface area contributed by atoms with Crippen molar-refractivity contribution in [2.75, 3.05) is 18.0 Å². The molecule has 4 amide bonds. The van der Waals surface area contributed by atoms with Gasteiger partial charge in [-0.05, 0) is 43.7 Å². The van der Waals surface area contributed by atoms with Gasteiger partial charge in [0.25, 0.3) is 11.8 Å². The first kappa shape index (κ1) is 21.0. The quantitative estimate of drug-likeness (QED) is 0.674. The first-order valence-corrected chi connectivity index (χ1v) is 10.3. The van der Waals surface area contributed by atoms with Gasteiger partial charge < -0.3 is 10.0 Å². The number of benzene rings is 1. The van der Waals surface area contributed by atoms with Gasteiger partial charge >= 0.3 is 5.97 Å². The lowest BCUT2D eigenvalue weighted by atomic mass is 9.91. The van der Waals surface area contributed by atoms with E-state index in [4.69, 9.17) is 5.11 Å². The number of imide groups is 2. The molecular formula is C21H22FN3O6. The molecule has 1 aromatic carbocycles. The van der Waals surface area contributed by atoms with Crippen molar-refractivity contribution in [2.24, 2.45) is 5.92 Å². The van der Waals surface area contributed by atoms with Gasteiger partial charge in [0.2, 0.25) is 11.8 Å². The Hall–Kier alpha value is -3.30. The number of halogens is 1. The molecule has 0 radical (unpaired) electrons. The molecule has 0 bridgehead atoms. The standard InChI is InChI=1S/C21H22FN3O6/c22-14-9-12-13(10-16(14)24-7-5-11(6-8-24)1-4-18(27)28)21(31)25(20(12)30)15-2-3-17(26)23-19(15)29/h9-11,15H,1-8H2,(H,27,28)(H,23,26,29). The zero-order valence-corrected chi connectivity index (χ0v) is 16.7. The van der Waals surface area contributed by atoms with Gasteiger partial charge in [-0.15, -0.1) is 0 Å². The average Bonchev–Trinajstić information content (AvgIpc) is 2.96. The SMILES string of the molecule is O=C(O)CCC1CCN(c2cc3c(cc2F)C(=O)N(C2CCC(=O)NC2=O)C3=O)CC1. The van der Waals surface area contributed by atoms with Crippen LogP contribution in [0.3, 0.4) is 0 Å². The minimum absolute atomic E-state index is 0.0141. The van der Waals surface area contributed by atoms with Crippen molar-refractivity contribution >= 4 is 35.3 Å². The van der Waals surface area contributed by atoms with Crippen molar-refractivity contribution in [1.82, 2.24) is 10.2 Å². The Balaban J connectivity index is 1.52.